The van der Waals surface area contributed by atoms with Crippen molar-refractivity contribution in [1.82, 2.24) is 30.4 Å². The second-order valence-corrected chi connectivity index (χ2v) is 11.3. The van der Waals surface area contributed by atoms with Crippen molar-refractivity contribution >= 4 is 41.2 Å². The van der Waals surface area contributed by atoms with Gasteiger partial charge in [-0.3, -0.25) is 24.2 Å². The molecular formula is C28H32ClF3N6O7. The molecule has 0 bridgehead atoms. The molecule has 0 radical (unpaired) electrons. The maximum Gasteiger partial charge on any atom is 0.435 e. The lowest BCUT2D eigenvalue weighted by Crippen LogP contribution is -2.64. The monoisotopic (exact) mass is 656 g/mol. The third kappa shape index (κ3) is 8.44. The Morgan fingerprint density at radius 2 is 1.84 bits per heavy atom. The number of ether oxygens (including phenoxy) is 2. The van der Waals surface area contributed by atoms with Gasteiger partial charge >= 0.3 is 12.3 Å². The van der Waals surface area contributed by atoms with Crippen LogP contribution in [-0.2, 0) is 30.1 Å². The molecule has 2 saturated heterocycles. The van der Waals surface area contributed by atoms with E-state index in [1.54, 1.807) is 0 Å². The topological polar surface area (TPSA) is 152 Å². The predicted molar refractivity (Wildman–Crippen MR) is 151 cm³/mol. The number of hydrazine groups is 1. The van der Waals surface area contributed by atoms with Crippen molar-refractivity contribution < 1.29 is 46.6 Å². The van der Waals surface area contributed by atoms with Gasteiger partial charge in [0.05, 0.1) is 18.8 Å². The molecule has 45 heavy (non-hydrogen) atoms. The Labute approximate surface area is 260 Å². The minimum Gasteiger partial charge on any atom is -0.469 e. The molecule has 2 aliphatic rings. The van der Waals surface area contributed by atoms with Gasteiger partial charge in [0.2, 0.25) is 17.7 Å². The van der Waals surface area contributed by atoms with E-state index in [2.05, 4.69) is 15.7 Å². The van der Waals surface area contributed by atoms with E-state index in [0.717, 1.165) is 9.69 Å². The van der Waals surface area contributed by atoms with Gasteiger partial charge in [0.1, 0.15) is 12.1 Å². The fraction of sp³-hybridized carbons (Fsp3) is 0.500. The van der Waals surface area contributed by atoms with Crippen LogP contribution in [0, 0.1) is 5.92 Å². The quantitative estimate of drug-likeness (QED) is 0.396. The first-order valence-corrected chi connectivity index (χ1v) is 14.5. The summed E-state index contributed by atoms with van der Waals surface area (Å²) in [4.78, 5) is 64.3. The molecule has 2 atom stereocenters. The summed E-state index contributed by atoms with van der Waals surface area (Å²) in [6.45, 7) is 2.71. The molecule has 0 unspecified atom stereocenters. The fourth-order valence-corrected chi connectivity index (χ4v) is 4.84. The van der Waals surface area contributed by atoms with Crippen molar-refractivity contribution in [2.75, 3.05) is 26.3 Å². The number of carbonyl (C=O) groups excluding carboxylic acids is 5. The smallest absolute Gasteiger partial charge is 0.435 e. The van der Waals surface area contributed by atoms with Gasteiger partial charge in [-0.2, -0.15) is 18.3 Å². The number of benzene rings is 1. The molecule has 2 N–H and O–H groups in total. The van der Waals surface area contributed by atoms with Gasteiger partial charge in [0.25, 0.3) is 5.91 Å². The summed E-state index contributed by atoms with van der Waals surface area (Å²) in [7, 11) is 0. The zero-order chi connectivity index (χ0) is 32.9. The van der Waals surface area contributed by atoms with Crippen LogP contribution in [0.2, 0.25) is 5.02 Å². The Morgan fingerprint density at radius 3 is 2.51 bits per heavy atom. The second-order valence-electron chi connectivity index (χ2n) is 10.9. The summed E-state index contributed by atoms with van der Waals surface area (Å²) < 4.78 is 51.4. The molecule has 17 heteroatoms. The van der Waals surface area contributed by atoms with Crippen LogP contribution in [0.1, 0.15) is 45.2 Å². The van der Waals surface area contributed by atoms with E-state index in [1.807, 2.05) is 13.8 Å². The highest BCUT2D eigenvalue weighted by atomic mass is 35.5. The molecule has 1 aromatic heterocycles. The Hall–Kier alpha value is -4.34. The summed E-state index contributed by atoms with van der Waals surface area (Å²) in [5.74, 6) is -2.81. The van der Waals surface area contributed by atoms with Crippen LogP contribution >= 0.6 is 11.6 Å². The number of nitrogens with one attached hydrogen (secondary N) is 2. The van der Waals surface area contributed by atoms with E-state index >= 15 is 0 Å². The van der Waals surface area contributed by atoms with Crippen LogP contribution in [0.15, 0.2) is 30.3 Å². The highest BCUT2D eigenvalue weighted by Crippen LogP contribution is 2.32. The molecule has 4 amide bonds. The van der Waals surface area contributed by atoms with Crippen molar-refractivity contribution in [2.45, 2.75) is 57.8 Å². The Bertz CT molecular complexity index is 1430. The number of carbonyl (C=O) groups is 5. The van der Waals surface area contributed by atoms with E-state index in [4.69, 9.17) is 21.1 Å². The summed E-state index contributed by atoms with van der Waals surface area (Å²) in [6, 6.07) is 4.10. The van der Waals surface area contributed by atoms with Gasteiger partial charge in [-0.05, 0) is 49.4 Å². The average molecular weight is 657 g/mol. The SMILES string of the molecule is CC(C)COC(=O)N[C@H]1CCC(=O)N2CCC[C@@H](C(=O)NCC(=O)COc3cc(C(F)(F)F)nn3-c3ccc(Cl)cc3)N2C1=O. The van der Waals surface area contributed by atoms with Gasteiger partial charge in [0, 0.05) is 24.1 Å². The molecule has 2 fully saturated rings. The fourth-order valence-electron chi connectivity index (χ4n) is 4.71. The lowest BCUT2D eigenvalue weighted by atomic mass is 10.1. The summed E-state index contributed by atoms with van der Waals surface area (Å²) in [5, 5.41) is 11.0. The molecule has 2 aromatic rings. The van der Waals surface area contributed by atoms with Crippen LogP contribution in [0.5, 0.6) is 5.88 Å². The highest BCUT2D eigenvalue weighted by Gasteiger charge is 2.44. The molecule has 3 heterocycles. The van der Waals surface area contributed by atoms with Crippen molar-refractivity contribution in [3.8, 4) is 11.6 Å². The standard InChI is InChI=1S/C28H32ClF3N6O7/c1-16(2)14-45-27(43)34-20-9-10-23(40)36-11-3-4-21(38(36)26(20)42)25(41)33-13-19(39)15-44-24-12-22(28(30,31)32)35-37(24)18-7-5-17(29)6-8-18/h5-8,12,16,20-21H,3-4,9-11,13-15H2,1-2H3,(H,33,41)(H,34,43)/t20-,21-/m0/s1. The number of ketones is 1. The molecule has 4 rings (SSSR count). The number of hydrogen-bond donors (Lipinski definition) is 2. The van der Waals surface area contributed by atoms with Crippen LogP contribution in [0.25, 0.3) is 5.69 Å². The first-order chi connectivity index (χ1) is 21.2. The maximum atomic E-state index is 13.5. The zero-order valence-electron chi connectivity index (χ0n) is 24.4. The number of aromatic nitrogens is 2. The number of rotatable bonds is 10. The molecule has 13 nitrogen and oxygen atoms in total. The minimum atomic E-state index is -4.78. The average Bonchev–Trinajstić information content (AvgIpc) is 3.39. The van der Waals surface area contributed by atoms with E-state index in [1.165, 1.54) is 29.3 Å². The maximum absolute atomic E-state index is 13.5. The molecule has 0 aliphatic carbocycles. The summed E-state index contributed by atoms with van der Waals surface area (Å²) >= 11 is 5.86. The lowest BCUT2D eigenvalue weighted by Gasteiger charge is -2.42. The molecule has 1 aromatic carbocycles. The van der Waals surface area contributed by atoms with Crippen molar-refractivity contribution in [3.63, 3.8) is 0 Å². The van der Waals surface area contributed by atoms with E-state index in [9.17, 15) is 37.1 Å². The molecule has 244 valence electrons. The minimum absolute atomic E-state index is 0.00820. The second kappa shape index (κ2) is 14.2. The largest absolute Gasteiger partial charge is 0.469 e. The number of Topliss-reactive ketones (excluding diaryl/α,β-unsaturated/α-hetero) is 1. The summed E-state index contributed by atoms with van der Waals surface area (Å²) in [5.41, 5.74) is -1.04. The Morgan fingerprint density at radius 1 is 1.13 bits per heavy atom. The van der Waals surface area contributed by atoms with Gasteiger partial charge < -0.3 is 20.1 Å². The number of alkyl halides is 3. The predicted octanol–water partition coefficient (Wildman–Crippen LogP) is 2.89. The van der Waals surface area contributed by atoms with Crippen LogP contribution in [-0.4, -0.2) is 87.8 Å². The first kappa shape index (κ1) is 33.6. The molecule has 0 spiro atoms. The van der Waals surface area contributed by atoms with E-state index < -0.39 is 66.7 Å². The van der Waals surface area contributed by atoms with Gasteiger partial charge in [0.15, 0.2) is 18.1 Å². The first-order valence-electron chi connectivity index (χ1n) is 14.2. The van der Waals surface area contributed by atoms with Gasteiger partial charge in [-0.15, -0.1) is 0 Å². The van der Waals surface area contributed by atoms with Crippen molar-refractivity contribution in [2.24, 2.45) is 5.92 Å². The van der Waals surface area contributed by atoms with Crippen LogP contribution in [0.4, 0.5) is 18.0 Å². The Balaban J connectivity index is 1.40. The third-order valence-electron chi connectivity index (χ3n) is 6.88. The van der Waals surface area contributed by atoms with Gasteiger partial charge in [-0.1, -0.05) is 25.4 Å². The molecule has 2 aliphatic heterocycles. The third-order valence-corrected chi connectivity index (χ3v) is 7.14. The van der Waals surface area contributed by atoms with Crippen LogP contribution in [0.3, 0.4) is 0 Å². The number of alkyl carbamates (subject to hydrolysis) is 1. The van der Waals surface area contributed by atoms with Crippen LogP contribution < -0.4 is 15.4 Å². The zero-order valence-corrected chi connectivity index (χ0v) is 25.2. The van der Waals surface area contributed by atoms with E-state index in [0.29, 0.717) is 17.5 Å². The van der Waals surface area contributed by atoms with Crippen molar-refractivity contribution in [3.05, 3.63) is 41.0 Å². The van der Waals surface area contributed by atoms with Gasteiger partial charge in [-0.25, -0.2) is 14.5 Å². The Kier molecular flexibility index (Phi) is 10.6. The van der Waals surface area contributed by atoms with Crippen molar-refractivity contribution in [1.29, 1.82) is 0 Å². The number of nitrogens with zero attached hydrogens (tertiary/aromatic N) is 4. The lowest BCUT2D eigenvalue weighted by molar-refractivity contribution is -0.176. The number of amides is 4. The number of hydrogen-bond acceptors (Lipinski definition) is 8. The number of fused-ring (bicyclic) bond motifs is 1. The molecular weight excluding hydrogens is 625 g/mol. The molecule has 0 saturated carbocycles. The summed E-state index contributed by atoms with van der Waals surface area (Å²) in [6.07, 6.45) is -5.08. The van der Waals surface area contributed by atoms with E-state index in [-0.39, 0.29) is 49.9 Å². The number of halogens is 4. The highest BCUT2D eigenvalue weighted by molar-refractivity contribution is 6.30. The normalized spacial score (nSPS) is 18.7.